The molecule has 1 atom stereocenters. The Kier molecular flexibility index (Phi) is 5.87. The van der Waals surface area contributed by atoms with Crippen LogP contribution in [0.1, 0.15) is 44.6 Å². The minimum absolute atomic E-state index is 0.173. The van der Waals surface area contributed by atoms with Crippen molar-refractivity contribution in [2.24, 2.45) is 0 Å². The summed E-state index contributed by atoms with van der Waals surface area (Å²) in [5, 5.41) is 0. The van der Waals surface area contributed by atoms with Gasteiger partial charge in [-0.05, 0) is 39.3 Å². The number of amides is 1. The summed E-state index contributed by atoms with van der Waals surface area (Å²) in [5.41, 5.74) is 0.721. The van der Waals surface area contributed by atoms with Crippen LogP contribution >= 0.6 is 0 Å². The molecule has 0 spiro atoms. The SMILES string of the molecule is CC[C@@H]1CN(C(=O)OC(C)(C)C)CCN1c1ccc(C(=O)OC)nc1. The molecule has 1 aliphatic rings. The second-order valence-corrected chi connectivity index (χ2v) is 7.08. The Labute approximate surface area is 148 Å². The van der Waals surface area contributed by atoms with Crippen molar-refractivity contribution >= 4 is 17.7 Å². The molecular formula is C18H27N3O4. The van der Waals surface area contributed by atoms with Crippen LogP contribution in [0.4, 0.5) is 10.5 Å². The van der Waals surface area contributed by atoms with E-state index in [-0.39, 0.29) is 17.8 Å². The van der Waals surface area contributed by atoms with Gasteiger partial charge in [-0.15, -0.1) is 0 Å². The van der Waals surface area contributed by atoms with Crippen molar-refractivity contribution in [3.05, 3.63) is 24.0 Å². The summed E-state index contributed by atoms with van der Waals surface area (Å²) in [6.07, 6.45) is 2.29. The molecule has 0 bridgehead atoms. The molecule has 1 saturated heterocycles. The van der Waals surface area contributed by atoms with E-state index in [0.717, 1.165) is 12.1 Å². The van der Waals surface area contributed by atoms with Gasteiger partial charge in [0.2, 0.25) is 0 Å². The van der Waals surface area contributed by atoms with Crippen molar-refractivity contribution in [3.63, 3.8) is 0 Å². The fourth-order valence-corrected chi connectivity index (χ4v) is 2.82. The summed E-state index contributed by atoms with van der Waals surface area (Å²) in [6.45, 7) is 9.57. The molecule has 2 heterocycles. The number of hydrogen-bond acceptors (Lipinski definition) is 6. The van der Waals surface area contributed by atoms with E-state index < -0.39 is 11.6 Å². The van der Waals surface area contributed by atoms with Crippen LogP contribution in [-0.2, 0) is 9.47 Å². The van der Waals surface area contributed by atoms with Gasteiger partial charge < -0.3 is 19.3 Å². The highest BCUT2D eigenvalue weighted by Gasteiger charge is 2.31. The van der Waals surface area contributed by atoms with Crippen molar-refractivity contribution in [2.45, 2.75) is 45.8 Å². The van der Waals surface area contributed by atoms with Gasteiger partial charge in [0.15, 0.2) is 0 Å². The van der Waals surface area contributed by atoms with Crippen LogP contribution in [0.15, 0.2) is 18.3 Å². The molecule has 0 unspecified atom stereocenters. The van der Waals surface area contributed by atoms with Crippen LogP contribution in [0.3, 0.4) is 0 Å². The molecule has 7 nitrogen and oxygen atoms in total. The largest absolute Gasteiger partial charge is 0.464 e. The van der Waals surface area contributed by atoms with E-state index in [2.05, 4.69) is 21.5 Å². The highest BCUT2D eigenvalue weighted by Crippen LogP contribution is 2.23. The van der Waals surface area contributed by atoms with Gasteiger partial charge in [0.1, 0.15) is 11.3 Å². The van der Waals surface area contributed by atoms with E-state index in [1.165, 1.54) is 7.11 Å². The molecule has 0 radical (unpaired) electrons. The first-order chi connectivity index (χ1) is 11.7. The lowest BCUT2D eigenvalue weighted by atomic mass is 10.1. The molecule has 1 aromatic rings. The Morgan fingerprint density at radius 2 is 2.00 bits per heavy atom. The van der Waals surface area contributed by atoms with E-state index >= 15 is 0 Å². The lowest BCUT2D eigenvalue weighted by molar-refractivity contribution is 0.0213. The van der Waals surface area contributed by atoms with Gasteiger partial charge in [0, 0.05) is 25.7 Å². The van der Waals surface area contributed by atoms with Crippen LogP contribution in [0.25, 0.3) is 0 Å². The highest BCUT2D eigenvalue weighted by molar-refractivity contribution is 5.87. The molecule has 7 heteroatoms. The highest BCUT2D eigenvalue weighted by atomic mass is 16.6. The van der Waals surface area contributed by atoms with Crippen LogP contribution in [0.2, 0.25) is 0 Å². The number of methoxy groups -OCH3 is 1. The summed E-state index contributed by atoms with van der Waals surface area (Å²) in [5.74, 6) is -0.451. The van der Waals surface area contributed by atoms with E-state index in [9.17, 15) is 9.59 Å². The summed E-state index contributed by atoms with van der Waals surface area (Å²) < 4.78 is 10.1. The molecule has 1 fully saturated rings. The van der Waals surface area contributed by atoms with Gasteiger partial charge in [-0.3, -0.25) is 0 Å². The maximum absolute atomic E-state index is 12.3. The lowest BCUT2D eigenvalue weighted by Gasteiger charge is -2.42. The molecule has 138 valence electrons. The number of carbonyl (C=O) groups is 2. The van der Waals surface area contributed by atoms with E-state index in [4.69, 9.17) is 4.74 Å². The number of piperazine rings is 1. The van der Waals surface area contributed by atoms with E-state index in [1.807, 2.05) is 26.8 Å². The first-order valence-corrected chi connectivity index (χ1v) is 8.54. The zero-order chi connectivity index (χ0) is 18.6. The van der Waals surface area contributed by atoms with Crippen LogP contribution in [0.5, 0.6) is 0 Å². The molecule has 1 aromatic heterocycles. The number of carbonyl (C=O) groups excluding carboxylic acids is 2. The monoisotopic (exact) mass is 349 g/mol. The van der Waals surface area contributed by atoms with E-state index in [0.29, 0.717) is 19.6 Å². The maximum atomic E-state index is 12.3. The maximum Gasteiger partial charge on any atom is 0.410 e. The Balaban J connectivity index is 2.07. The fourth-order valence-electron chi connectivity index (χ4n) is 2.82. The number of rotatable bonds is 3. The predicted molar refractivity (Wildman–Crippen MR) is 94.8 cm³/mol. The molecule has 1 aliphatic heterocycles. The van der Waals surface area contributed by atoms with Gasteiger partial charge in [0.25, 0.3) is 0 Å². The number of anilines is 1. The zero-order valence-electron chi connectivity index (χ0n) is 15.6. The van der Waals surface area contributed by atoms with Crippen molar-refractivity contribution in [1.29, 1.82) is 0 Å². The molecule has 0 aromatic carbocycles. The Morgan fingerprint density at radius 3 is 2.52 bits per heavy atom. The van der Waals surface area contributed by atoms with Crippen molar-refractivity contribution in [2.75, 3.05) is 31.6 Å². The molecule has 1 amide bonds. The molecular weight excluding hydrogens is 322 g/mol. The van der Waals surface area contributed by atoms with Crippen molar-refractivity contribution < 1.29 is 19.1 Å². The fraction of sp³-hybridized carbons (Fsp3) is 0.611. The summed E-state index contributed by atoms with van der Waals surface area (Å²) >= 11 is 0. The predicted octanol–water partition coefficient (Wildman–Crippen LogP) is 2.70. The van der Waals surface area contributed by atoms with Gasteiger partial charge in [-0.1, -0.05) is 6.92 Å². The summed E-state index contributed by atoms with van der Waals surface area (Å²) in [7, 11) is 1.33. The number of esters is 1. The first kappa shape index (κ1) is 19.0. The number of ether oxygens (including phenoxy) is 2. The Hall–Kier alpha value is -2.31. The average Bonchev–Trinajstić information content (AvgIpc) is 2.59. The Morgan fingerprint density at radius 1 is 1.28 bits per heavy atom. The number of hydrogen-bond donors (Lipinski definition) is 0. The molecule has 0 aliphatic carbocycles. The van der Waals surface area contributed by atoms with Crippen LogP contribution in [-0.4, -0.2) is 60.3 Å². The third kappa shape index (κ3) is 4.84. The minimum Gasteiger partial charge on any atom is -0.464 e. The number of pyridine rings is 1. The zero-order valence-corrected chi connectivity index (χ0v) is 15.6. The Bertz CT molecular complexity index is 610. The third-order valence-corrected chi connectivity index (χ3v) is 4.08. The molecule has 2 rings (SSSR count). The van der Waals surface area contributed by atoms with Crippen molar-refractivity contribution in [3.8, 4) is 0 Å². The van der Waals surface area contributed by atoms with Gasteiger partial charge >= 0.3 is 12.1 Å². The quantitative estimate of drug-likeness (QED) is 0.781. The lowest BCUT2D eigenvalue weighted by Crippen LogP contribution is -2.55. The normalized spacial score (nSPS) is 18.0. The third-order valence-electron chi connectivity index (χ3n) is 4.08. The molecule has 25 heavy (non-hydrogen) atoms. The van der Waals surface area contributed by atoms with Crippen LogP contribution in [0, 0.1) is 0 Å². The molecule has 0 saturated carbocycles. The summed E-state index contributed by atoms with van der Waals surface area (Å²) in [4.78, 5) is 31.9. The second kappa shape index (κ2) is 7.72. The smallest absolute Gasteiger partial charge is 0.410 e. The minimum atomic E-state index is -0.496. The summed E-state index contributed by atoms with van der Waals surface area (Å²) in [6, 6.07) is 3.70. The van der Waals surface area contributed by atoms with Crippen LogP contribution < -0.4 is 4.90 Å². The number of aromatic nitrogens is 1. The van der Waals surface area contributed by atoms with E-state index in [1.54, 1.807) is 17.2 Å². The topological polar surface area (TPSA) is 72.0 Å². The standard InChI is InChI=1S/C18H27N3O4/c1-6-13-12-20(17(23)25-18(2,3)4)9-10-21(13)14-7-8-15(19-11-14)16(22)24-5/h7-8,11,13H,6,9-10,12H2,1-5H3/t13-/m1/s1. The van der Waals surface area contributed by atoms with Gasteiger partial charge in [0.05, 0.1) is 19.0 Å². The van der Waals surface area contributed by atoms with Crippen molar-refractivity contribution in [1.82, 2.24) is 9.88 Å². The van der Waals surface area contributed by atoms with Gasteiger partial charge in [-0.2, -0.15) is 0 Å². The second-order valence-electron chi connectivity index (χ2n) is 7.08. The average molecular weight is 349 g/mol. The number of nitrogens with zero attached hydrogens (tertiary/aromatic N) is 3. The first-order valence-electron chi connectivity index (χ1n) is 8.54. The van der Waals surface area contributed by atoms with Gasteiger partial charge in [-0.25, -0.2) is 14.6 Å². The molecule has 0 N–H and O–H groups in total.